The predicted octanol–water partition coefficient (Wildman–Crippen LogP) is 4.96. The summed E-state index contributed by atoms with van der Waals surface area (Å²) in [5.41, 5.74) is 3.66. The van der Waals surface area contributed by atoms with Crippen LogP contribution in [0.25, 0.3) is 16.6 Å². The highest BCUT2D eigenvalue weighted by atomic mass is 35.5. The highest BCUT2D eigenvalue weighted by Gasteiger charge is 2.29. The molecule has 0 saturated heterocycles. The minimum absolute atomic E-state index is 0.0630. The number of nitrogens with zero attached hydrogens (tertiary/aromatic N) is 2. The lowest BCUT2D eigenvalue weighted by Gasteiger charge is -2.11. The quantitative estimate of drug-likeness (QED) is 0.441. The molecule has 0 spiro atoms. The maximum Gasteiger partial charge on any atom is 0.257 e. The first-order chi connectivity index (χ1) is 15.6. The Labute approximate surface area is 190 Å². The number of carbonyl (C=O) groups excluding carboxylic acids is 2. The molecular weight excluding hydrogens is 424 g/mol. The van der Waals surface area contributed by atoms with Gasteiger partial charge in [-0.2, -0.15) is 5.10 Å². The van der Waals surface area contributed by atoms with E-state index in [0.29, 0.717) is 22.8 Å². The summed E-state index contributed by atoms with van der Waals surface area (Å²) in [6.07, 6.45) is 3.64. The summed E-state index contributed by atoms with van der Waals surface area (Å²) in [5.74, 6) is -0.110. The number of anilines is 1. The highest BCUT2D eigenvalue weighted by molar-refractivity contribution is 6.34. The van der Waals surface area contributed by atoms with Crippen LogP contribution in [0.2, 0.25) is 5.02 Å². The standard InChI is InChI=1S/C25H21ClN4O2/c26-21-12-9-16(14-27-24(31)17-10-11-17)13-19(21)25(32)29-22-7-4-8-23-20(22)15-28-30(23)18-5-2-1-3-6-18/h1-9,12-13,15,17H,10-11,14H2,(H,27,31)(H,29,32). The Bertz CT molecular complexity index is 1310. The van der Waals surface area contributed by atoms with E-state index < -0.39 is 0 Å². The lowest BCUT2D eigenvalue weighted by atomic mass is 10.1. The molecule has 1 heterocycles. The van der Waals surface area contributed by atoms with Crippen molar-refractivity contribution in [2.24, 2.45) is 5.92 Å². The van der Waals surface area contributed by atoms with Crippen molar-refractivity contribution in [3.8, 4) is 5.69 Å². The summed E-state index contributed by atoms with van der Waals surface area (Å²) in [5, 5.41) is 11.6. The second-order valence-electron chi connectivity index (χ2n) is 7.89. The molecule has 1 aliphatic carbocycles. The zero-order valence-corrected chi connectivity index (χ0v) is 18.0. The molecule has 4 aromatic rings. The van der Waals surface area contributed by atoms with Crippen LogP contribution in [0.15, 0.2) is 72.9 Å². The fourth-order valence-corrected chi connectivity index (χ4v) is 3.86. The highest BCUT2D eigenvalue weighted by Crippen LogP contribution is 2.29. The van der Waals surface area contributed by atoms with Crippen LogP contribution in [0.1, 0.15) is 28.8 Å². The summed E-state index contributed by atoms with van der Waals surface area (Å²) in [4.78, 5) is 25.0. The third-order valence-electron chi connectivity index (χ3n) is 5.55. The van der Waals surface area contributed by atoms with Crippen molar-refractivity contribution in [3.63, 3.8) is 0 Å². The minimum Gasteiger partial charge on any atom is -0.352 e. The molecule has 5 rings (SSSR count). The Morgan fingerprint density at radius 2 is 1.84 bits per heavy atom. The summed E-state index contributed by atoms with van der Waals surface area (Å²) in [6, 6.07) is 20.7. The second-order valence-corrected chi connectivity index (χ2v) is 8.30. The number of nitrogens with one attached hydrogen (secondary N) is 2. The SMILES string of the molecule is O=C(Nc1cccc2c1cnn2-c1ccccc1)c1cc(CNC(=O)C2CC2)ccc1Cl. The number of para-hydroxylation sites is 1. The largest absolute Gasteiger partial charge is 0.352 e. The molecule has 0 aliphatic heterocycles. The van der Waals surface area contributed by atoms with E-state index in [2.05, 4.69) is 15.7 Å². The van der Waals surface area contributed by atoms with E-state index in [0.717, 1.165) is 35.0 Å². The van der Waals surface area contributed by atoms with Crippen molar-refractivity contribution in [2.45, 2.75) is 19.4 Å². The number of benzene rings is 3. The van der Waals surface area contributed by atoms with E-state index in [9.17, 15) is 9.59 Å². The first kappa shape index (κ1) is 20.3. The van der Waals surface area contributed by atoms with E-state index >= 15 is 0 Å². The molecule has 2 N–H and O–H groups in total. The van der Waals surface area contributed by atoms with E-state index in [1.165, 1.54) is 0 Å². The zero-order valence-electron chi connectivity index (χ0n) is 17.2. The summed E-state index contributed by atoms with van der Waals surface area (Å²) < 4.78 is 1.83. The van der Waals surface area contributed by atoms with Gasteiger partial charge in [-0.1, -0.05) is 41.9 Å². The van der Waals surface area contributed by atoms with Crippen LogP contribution in [0.3, 0.4) is 0 Å². The normalized spacial score (nSPS) is 13.2. The average molecular weight is 445 g/mol. The minimum atomic E-state index is -0.315. The van der Waals surface area contributed by atoms with E-state index in [1.807, 2.05) is 59.3 Å². The third kappa shape index (κ3) is 4.09. The van der Waals surface area contributed by atoms with Crippen LogP contribution >= 0.6 is 11.6 Å². The third-order valence-corrected chi connectivity index (χ3v) is 5.88. The Balaban J connectivity index is 1.38. The molecule has 1 saturated carbocycles. The molecule has 0 bridgehead atoms. The van der Waals surface area contributed by atoms with Gasteiger partial charge < -0.3 is 10.6 Å². The molecule has 0 radical (unpaired) electrons. The molecule has 3 aromatic carbocycles. The Kier molecular flexibility index (Phi) is 5.37. The zero-order chi connectivity index (χ0) is 22.1. The molecular formula is C25H21ClN4O2. The Hall–Kier alpha value is -3.64. The van der Waals surface area contributed by atoms with Crippen molar-refractivity contribution in [3.05, 3.63) is 89.1 Å². The van der Waals surface area contributed by atoms with E-state index in [4.69, 9.17) is 11.6 Å². The summed E-state index contributed by atoms with van der Waals surface area (Å²) in [6.45, 7) is 0.367. The van der Waals surface area contributed by atoms with Gasteiger partial charge in [-0.25, -0.2) is 4.68 Å². The summed E-state index contributed by atoms with van der Waals surface area (Å²) >= 11 is 6.32. The average Bonchev–Trinajstić information content (AvgIpc) is 3.58. The van der Waals surface area contributed by atoms with E-state index in [1.54, 1.807) is 18.3 Å². The van der Waals surface area contributed by atoms with Gasteiger partial charge in [-0.3, -0.25) is 9.59 Å². The van der Waals surface area contributed by atoms with Crippen molar-refractivity contribution in [2.75, 3.05) is 5.32 Å². The molecule has 2 amide bonds. The second kappa shape index (κ2) is 8.48. The maximum atomic E-state index is 13.1. The molecule has 1 aromatic heterocycles. The van der Waals surface area contributed by atoms with Crippen LogP contribution in [-0.2, 0) is 11.3 Å². The van der Waals surface area contributed by atoms with Crippen molar-refractivity contribution in [1.82, 2.24) is 15.1 Å². The van der Waals surface area contributed by atoms with Gasteiger partial charge in [0.2, 0.25) is 5.91 Å². The van der Waals surface area contributed by atoms with E-state index in [-0.39, 0.29) is 17.7 Å². The molecule has 1 aliphatic rings. The molecule has 0 atom stereocenters. The van der Waals surface area contributed by atoms with Crippen LogP contribution in [0.5, 0.6) is 0 Å². The monoisotopic (exact) mass is 444 g/mol. The number of hydrogen-bond donors (Lipinski definition) is 2. The maximum absolute atomic E-state index is 13.1. The fourth-order valence-electron chi connectivity index (χ4n) is 3.66. The Morgan fingerprint density at radius 3 is 2.62 bits per heavy atom. The summed E-state index contributed by atoms with van der Waals surface area (Å²) in [7, 11) is 0. The van der Waals surface area contributed by atoms with Crippen LogP contribution in [-0.4, -0.2) is 21.6 Å². The van der Waals surface area contributed by atoms with Crippen LogP contribution in [0.4, 0.5) is 5.69 Å². The predicted molar refractivity (Wildman–Crippen MR) is 125 cm³/mol. The number of rotatable bonds is 6. The molecule has 0 unspecified atom stereocenters. The van der Waals surface area contributed by atoms with Crippen LogP contribution < -0.4 is 10.6 Å². The van der Waals surface area contributed by atoms with Crippen LogP contribution in [0, 0.1) is 5.92 Å². The van der Waals surface area contributed by atoms with Gasteiger partial charge in [0.15, 0.2) is 0 Å². The van der Waals surface area contributed by atoms with Gasteiger partial charge in [0.1, 0.15) is 0 Å². The van der Waals surface area contributed by atoms with Gasteiger partial charge >= 0.3 is 0 Å². The number of carbonyl (C=O) groups is 2. The van der Waals surface area contributed by atoms with Gasteiger partial charge in [0.05, 0.1) is 33.7 Å². The molecule has 6 nitrogen and oxygen atoms in total. The number of amides is 2. The Morgan fingerprint density at radius 1 is 1.03 bits per heavy atom. The van der Waals surface area contributed by atoms with Crippen molar-refractivity contribution < 1.29 is 9.59 Å². The fraction of sp³-hybridized carbons (Fsp3) is 0.160. The number of fused-ring (bicyclic) bond motifs is 1. The van der Waals surface area contributed by atoms with Crippen molar-refractivity contribution in [1.29, 1.82) is 0 Å². The van der Waals surface area contributed by atoms with Gasteiger partial charge in [0, 0.05) is 17.8 Å². The molecule has 160 valence electrons. The number of hydrogen-bond acceptors (Lipinski definition) is 3. The smallest absolute Gasteiger partial charge is 0.257 e. The van der Waals surface area contributed by atoms with Crippen molar-refractivity contribution >= 4 is 40.0 Å². The molecule has 1 fully saturated rings. The van der Waals surface area contributed by atoms with Gasteiger partial charge in [0.25, 0.3) is 5.91 Å². The molecule has 7 heteroatoms. The molecule has 32 heavy (non-hydrogen) atoms. The van der Waals surface area contributed by atoms with Gasteiger partial charge in [-0.05, 0) is 54.8 Å². The topological polar surface area (TPSA) is 76.0 Å². The first-order valence-electron chi connectivity index (χ1n) is 10.5. The van der Waals surface area contributed by atoms with Gasteiger partial charge in [-0.15, -0.1) is 0 Å². The number of halogens is 1. The first-order valence-corrected chi connectivity index (χ1v) is 10.9. The number of aromatic nitrogens is 2. The lowest BCUT2D eigenvalue weighted by Crippen LogP contribution is -2.24. The lowest BCUT2D eigenvalue weighted by molar-refractivity contribution is -0.122.